The molecule has 1 aromatic heterocycles. The van der Waals surface area contributed by atoms with Gasteiger partial charge in [-0.3, -0.25) is 4.79 Å². The number of aromatic nitrogens is 1. The minimum absolute atomic E-state index is 0.0755. The van der Waals surface area contributed by atoms with Crippen LogP contribution in [0.2, 0.25) is 0 Å². The molecular weight excluding hydrogens is 326 g/mol. The Kier molecular flexibility index (Phi) is 5.69. The van der Waals surface area contributed by atoms with Crippen LogP contribution in [0, 0.1) is 0 Å². The number of rotatable bonds is 7. The second kappa shape index (κ2) is 8.34. The van der Waals surface area contributed by atoms with Gasteiger partial charge in [0.05, 0.1) is 6.21 Å². The van der Waals surface area contributed by atoms with Crippen molar-refractivity contribution in [2.45, 2.75) is 26.2 Å². The molecule has 1 heterocycles. The topological polar surface area (TPSA) is 66.5 Å². The van der Waals surface area contributed by atoms with E-state index in [-0.39, 0.29) is 12.5 Å². The molecule has 26 heavy (non-hydrogen) atoms. The first kappa shape index (κ1) is 17.7. The number of carbonyl (C=O) groups excluding carboxylic acids is 1. The summed E-state index contributed by atoms with van der Waals surface area (Å²) in [6.07, 6.45) is 4.57. The molecule has 0 saturated heterocycles. The van der Waals surface area contributed by atoms with Gasteiger partial charge in [0.2, 0.25) is 0 Å². The van der Waals surface area contributed by atoms with Crippen LogP contribution in [0.3, 0.4) is 0 Å². The van der Waals surface area contributed by atoms with Gasteiger partial charge in [0, 0.05) is 22.7 Å². The molecule has 3 rings (SSSR count). The van der Waals surface area contributed by atoms with Crippen molar-refractivity contribution in [2.75, 3.05) is 6.61 Å². The van der Waals surface area contributed by atoms with E-state index in [1.165, 1.54) is 5.56 Å². The Hall–Kier alpha value is -3.08. The predicted octanol–water partition coefficient (Wildman–Crippen LogP) is 4.21. The maximum atomic E-state index is 11.9. The van der Waals surface area contributed by atoms with Gasteiger partial charge in [-0.15, -0.1) is 0 Å². The normalized spacial score (nSPS) is 12.4. The number of nitrogens with zero attached hydrogens (tertiary/aromatic N) is 1. The van der Waals surface area contributed by atoms with E-state index in [2.05, 4.69) is 29.4 Å². The maximum absolute atomic E-state index is 11.9. The van der Waals surface area contributed by atoms with Crippen molar-refractivity contribution < 1.29 is 9.53 Å². The first-order valence-corrected chi connectivity index (χ1v) is 8.78. The molecule has 0 radical (unpaired) electrons. The molecule has 134 valence electrons. The minimum atomic E-state index is -0.299. The third kappa shape index (κ3) is 4.30. The van der Waals surface area contributed by atoms with Crippen LogP contribution in [0.25, 0.3) is 10.9 Å². The maximum Gasteiger partial charge on any atom is 0.277 e. The summed E-state index contributed by atoms with van der Waals surface area (Å²) in [5.41, 5.74) is 5.71. The van der Waals surface area contributed by atoms with E-state index in [1.54, 1.807) is 6.21 Å². The van der Waals surface area contributed by atoms with E-state index >= 15 is 0 Å². The van der Waals surface area contributed by atoms with Crippen LogP contribution in [0.5, 0.6) is 5.75 Å². The van der Waals surface area contributed by atoms with Crippen molar-refractivity contribution in [2.24, 2.45) is 5.10 Å². The fourth-order valence-electron chi connectivity index (χ4n) is 2.68. The van der Waals surface area contributed by atoms with E-state index in [0.717, 1.165) is 22.9 Å². The van der Waals surface area contributed by atoms with Crippen LogP contribution in [-0.4, -0.2) is 23.7 Å². The molecule has 3 aromatic rings. The first-order valence-electron chi connectivity index (χ1n) is 8.78. The van der Waals surface area contributed by atoms with Crippen LogP contribution in [0.4, 0.5) is 0 Å². The third-order valence-corrected chi connectivity index (χ3v) is 4.45. The zero-order valence-corrected chi connectivity index (χ0v) is 15.0. The van der Waals surface area contributed by atoms with Crippen LogP contribution in [-0.2, 0) is 4.79 Å². The van der Waals surface area contributed by atoms with Crippen molar-refractivity contribution in [1.82, 2.24) is 10.4 Å². The highest BCUT2D eigenvalue weighted by Gasteiger charge is 2.05. The van der Waals surface area contributed by atoms with Gasteiger partial charge in [-0.25, -0.2) is 5.43 Å². The molecule has 5 nitrogen and oxygen atoms in total. The SMILES string of the molecule is CCC(C)c1ccc(OCC(=O)NN=Cc2c[nH]c3ccccc23)cc1. The van der Waals surface area contributed by atoms with Crippen LogP contribution in [0.15, 0.2) is 59.8 Å². The monoisotopic (exact) mass is 349 g/mol. The summed E-state index contributed by atoms with van der Waals surface area (Å²) in [4.78, 5) is 15.0. The number of benzene rings is 2. The molecule has 1 amide bonds. The number of hydrogen-bond donors (Lipinski definition) is 2. The van der Waals surface area contributed by atoms with E-state index in [0.29, 0.717) is 11.7 Å². The Labute approximate surface area is 153 Å². The van der Waals surface area contributed by atoms with Crippen LogP contribution < -0.4 is 10.2 Å². The van der Waals surface area contributed by atoms with Gasteiger partial charge in [-0.2, -0.15) is 5.10 Å². The summed E-state index contributed by atoms with van der Waals surface area (Å²) in [5, 5.41) is 5.06. The third-order valence-electron chi connectivity index (χ3n) is 4.45. The van der Waals surface area contributed by atoms with Gasteiger partial charge < -0.3 is 9.72 Å². The standard InChI is InChI=1S/C21H23N3O2/c1-3-15(2)16-8-10-18(11-9-16)26-14-21(25)24-23-13-17-12-22-20-7-5-4-6-19(17)20/h4-13,15,22H,3,14H2,1-2H3,(H,24,25). The number of amides is 1. The van der Waals surface area contributed by atoms with Gasteiger partial charge in [-0.05, 0) is 36.1 Å². The second-order valence-electron chi connectivity index (χ2n) is 6.25. The smallest absolute Gasteiger partial charge is 0.277 e. The fourth-order valence-corrected chi connectivity index (χ4v) is 2.68. The number of hydrogen-bond acceptors (Lipinski definition) is 3. The number of fused-ring (bicyclic) bond motifs is 1. The van der Waals surface area contributed by atoms with Gasteiger partial charge in [0.25, 0.3) is 5.91 Å². The van der Waals surface area contributed by atoms with E-state index in [9.17, 15) is 4.79 Å². The highest BCUT2D eigenvalue weighted by molar-refractivity contribution is 5.99. The largest absolute Gasteiger partial charge is 0.484 e. The molecule has 0 saturated carbocycles. The van der Waals surface area contributed by atoms with Crippen LogP contribution in [0.1, 0.15) is 37.3 Å². The first-order chi connectivity index (χ1) is 12.7. The summed E-state index contributed by atoms with van der Waals surface area (Å²) >= 11 is 0. The summed E-state index contributed by atoms with van der Waals surface area (Å²) in [6.45, 7) is 4.28. The van der Waals surface area contributed by atoms with Gasteiger partial charge in [-0.1, -0.05) is 44.2 Å². The Morgan fingerprint density at radius 1 is 1.23 bits per heavy atom. The molecule has 0 aliphatic carbocycles. The number of H-pyrrole nitrogens is 1. The lowest BCUT2D eigenvalue weighted by Crippen LogP contribution is -2.24. The highest BCUT2D eigenvalue weighted by Crippen LogP contribution is 2.21. The predicted molar refractivity (Wildman–Crippen MR) is 105 cm³/mol. The summed E-state index contributed by atoms with van der Waals surface area (Å²) in [6, 6.07) is 15.8. The lowest BCUT2D eigenvalue weighted by molar-refractivity contribution is -0.123. The highest BCUT2D eigenvalue weighted by atomic mass is 16.5. The van der Waals surface area contributed by atoms with Crippen molar-refractivity contribution in [3.63, 3.8) is 0 Å². The number of carbonyl (C=O) groups is 1. The van der Waals surface area contributed by atoms with Crippen LogP contribution >= 0.6 is 0 Å². The Balaban J connectivity index is 1.50. The molecule has 2 aromatic carbocycles. The second-order valence-corrected chi connectivity index (χ2v) is 6.25. The summed E-state index contributed by atoms with van der Waals surface area (Å²) in [7, 11) is 0. The van der Waals surface area contributed by atoms with Crippen molar-refractivity contribution >= 4 is 23.0 Å². The molecule has 2 N–H and O–H groups in total. The minimum Gasteiger partial charge on any atom is -0.484 e. The Morgan fingerprint density at radius 3 is 2.77 bits per heavy atom. The van der Waals surface area contributed by atoms with Gasteiger partial charge in [0.1, 0.15) is 5.75 Å². The lowest BCUT2D eigenvalue weighted by atomic mass is 9.99. The van der Waals surface area contributed by atoms with E-state index < -0.39 is 0 Å². The van der Waals surface area contributed by atoms with Gasteiger partial charge >= 0.3 is 0 Å². The summed E-state index contributed by atoms with van der Waals surface area (Å²) < 4.78 is 5.50. The van der Waals surface area contributed by atoms with E-state index in [4.69, 9.17) is 4.74 Å². The van der Waals surface area contributed by atoms with Crippen molar-refractivity contribution in [1.29, 1.82) is 0 Å². The Morgan fingerprint density at radius 2 is 2.00 bits per heavy atom. The number of ether oxygens (including phenoxy) is 1. The molecule has 0 aliphatic rings. The average Bonchev–Trinajstić information content (AvgIpc) is 3.09. The Bertz CT molecular complexity index is 897. The number of hydrazone groups is 1. The zero-order valence-electron chi connectivity index (χ0n) is 15.0. The molecule has 0 bridgehead atoms. The molecular formula is C21H23N3O2. The fraction of sp³-hybridized carbons (Fsp3) is 0.238. The van der Waals surface area contributed by atoms with Crippen molar-refractivity contribution in [3.05, 3.63) is 65.9 Å². The molecule has 5 heteroatoms. The lowest BCUT2D eigenvalue weighted by Gasteiger charge is -2.10. The average molecular weight is 349 g/mol. The zero-order chi connectivity index (χ0) is 18.4. The number of para-hydroxylation sites is 1. The number of aromatic amines is 1. The molecule has 0 fully saturated rings. The quantitative estimate of drug-likeness (QED) is 0.496. The molecule has 1 unspecified atom stereocenters. The van der Waals surface area contributed by atoms with Gasteiger partial charge in [0.15, 0.2) is 6.61 Å². The molecule has 1 atom stereocenters. The summed E-state index contributed by atoms with van der Waals surface area (Å²) in [5.74, 6) is 0.895. The van der Waals surface area contributed by atoms with E-state index in [1.807, 2.05) is 54.7 Å². The number of nitrogens with one attached hydrogen (secondary N) is 2. The van der Waals surface area contributed by atoms with Crippen molar-refractivity contribution in [3.8, 4) is 5.75 Å². The molecule has 0 spiro atoms. The molecule has 0 aliphatic heterocycles.